The van der Waals surface area contributed by atoms with Gasteiger partial charge in [0.1, 0.15) is 17.5 Å². The first-order chi connectivity index (χ1) is 8.15. The SMILES string of the molecule is Nc1cccc(NC(=O)c2ccc(F)cc2)n1. The second-order valence-corrected chi connectivity index (χ2v) is 3.41. The Morgan fingerprint density at radius 3 is 2.53 bits per heavy atom. The van der Waals surface area contributed by atoms with Crippen LogP contribution in [0, 0.1) is 5.82 Å². The van der Waals surface area contributed by atoms with Gasteiger partial charge in [0.25, 0.3) is 5.91 Å². The number of amides is 1. The lowest BCUT2D eigenvalue weighted by molar-refractivity contribution is 0.102. The number of rotatable bonds is 2. The molecular formula is C12H10FN3O. The normalized spacial score (nSPS) is 9.94. The molecule has 1 aromatic carbocycles. The molecule has 0 aliphatic heterocycles. The molecule has 0 spiro atoms. The van der Waals surface area contributed by atoms with Gasteiger partial charge in [0.2, 0.25) is 0 Å². The van der Waals surface area contributed by atoms with Crippen LogP contribution < -0.4 is 11.1 Å². The van der Waals surface area contributed by atoms with Gasteiger partial charge < -0.3 is 11.1 Å². The average molecular weight is 231 g/mol. The first-order valence-corrected chi connectivity index (χ1v) is 4.94. The van der Waals surface area contributed by atoms with Crippen molar-refractivity contribution in [1.82, 2.24) is 4.98 Å². The number of halogens is 1. The minimum absolute atomic E-state index is 0.321. The van der Waals surface area contributed by atoms with Gasteiger partial charge in [-0.1, -0.05) is 6.07 Å². The molecule has 0 saturated carbocycles. The van der Waals surface area contributed by atoms with Crippen LogP contribution in [0.3, 0.4) is 0 Å². The highest BCUT2D eigenvalue weighted by molar-refractivity contribution is 6.03. The van der Waals surface area contributed by atoms with Gasteiger partial charge in [0, 0.05) is 5.56 Å². The van der Waals surface area contributed by atoms with Crippen molar-refractivity contribution in [3.63, 3.8) is 0 Å². The van der Waals surface area contributed by atoms with Crippen LogP contribution in [0.15, 0.2) is 42.5 Å². The van der Waals surface area contributed by atoms with Crippen molar-refractivity contribution in [3.05, 3.63) is 53.8 Å². The van der Waals surface area contributed by atoms with E-state index >= 15 is 0 Å². The number of nitrogens with zero attached hydrogens (tertiary/aromatic N) is 1. The third kappa shape index (κ3) is 2.78. The molecule has 0 unspecified atom stereocenters. The molecular weight excluding hydrogens is 221 g/mol. The third-order valence-electron chi connectivity index (χ3n) is 2.12. The summed E-state index contributed by atoms with van der Waals surface area (Å²) in [7, 11) is 0. The van der Waals surface area contributed by atoms with Crippen molar-refractivity contribution < 1.29 is 9.18 Å². The summed E-state index contributed by atoms with van der Waals surface area (Å²) in [5, 5.41) is 2.57. The number of nitrogens with two attached hydrogens (primary N) is 1. The van der Waals surface area contributed by atoms with E-state index in [1.807, 2.05) is 0 Å². The van der Waals surface area contributed by atoms with E-state index in [1.165, 1.54) is 24.3 Å². The number of nitrogen functional groups attached to an aromatic ring is 1. The lowest BCUT2D eigenvalue weighted by Crippen LogP contribution is -2.13. The lowest BCUT2D eigenvalue weighted by atomic mass is 10.2. The first kappa shape index (κ1) is 11.1. The molecule has 0 saturated heterocycles. The Kier molecular flexibility index (Phi) is 3.00. The van der Waals surface area contributed by atoms with Gasteiger partial charge in [-0.25, -0.2) is 9.37 Å². The van der Waals surface area contributed by atoms with Crippen molar-refractivity contribution >= 4 is 17.5 Å². The van der Waals surface area contributed by atoms with Gasteiger partial charge >= 0.3 is 0 Å². The Bertz CT molecular complexity index is 540. The Morgan fingerprint density at radius 1 is 1.18 bits per heavy atom. The molecule has 0 aliphatic carbocycles. The van der Waals surface area contributed by atoms with E-state index in [9.17, 15) is 9.18 Å². The fourth-order valence-electron chi connectivity index (χ4n) is 1.31. The fourth-order valence-corrected chi connectivity index (χ4v) is 1.31. The van der Waals surface area contributed by atoms with Crippen LogP contribution in [-0.2, 0) is 0 Å². The number of aromatic nitrogens is 1. The van der Waals surface area contributed by atoms with Crippen LogP contribution in [0.5, 0.6) is 0 Å². The summed E-state index contributed by atoms with van der Waals surface area (Å²) in [6.45, 7) is 0. The van der Waals surface area contributed by atoms with Gasteiger partial charge in [0.05, 0.1) is 0 Å². The van der Waals surface area contributed by atoms with Crippen LogP contribution in [0.1, 0.15) is 10.4 Å². The van der Waals surface area contributed by atoms with E-state index in [1.54, 1.807) is 18.2 Å². The molecule has 1 heterocycles. The largest absolute Gasteiger partial charge is 0.384 e. The number of carbonyl (C=O) groups excluding carboxylic acids is 1. The summed E-state index contributed by atoms with van der Waals surface area (Å²) >= 11 is 0. The number of pyridine rings is 1. The topological polar surface area (TPSA) is 68.0 Å². The van der Waals surface area contributed by atoms with Crippen molar-refractivity contribution in [3.8, 4) is 0 Å². The monoisotopic (exact) mass is 231 g/mol. The molecule has 86 valence electrons. The maximum Gasteiger partial charge on any atom is 0.256 e. The molecule has 0 aliphatic rings. The van der Waals surface area contributed by atoms with E-state index in [2.05, 4.69) is 10.3 Å². The fraction of sp³-hybridized carbons (Fsp3) is 0. The molecule has 2 rings (SSSR count). The summed E-state index contributed by atoms with van der Waals surface area (Å²) < 4.78 is 12.7. The van der Waals surface area contributed by atoms with Crippen molar-refractivity contribution in [2.75, 3.05) is 11.1 Å². The van der Waals surface area contributed by atoms with Crippen molar-refractivity contribution in [1.29, 1.82) is 0 Å². The molecule has 3 N–H and O–H groups in total. The highest BCUT2D eigenvalue weighted by Crippen LogP contribution is 2.09. The van der Waals surface area contributed by atoms with Gasteiger partial charge in [0.15, 0.2) is 0 Å². The standard InChI is InChI=1S/C12H10FN3O/c13-9-6-4-8(5-7-9)12(17)16-11-3-1-2-10(14)15-11/h1-7H,(H3,14,15,16,17). The van der Waals surface area contributed by atoms with Crippen LogP contribution in [0.4, 0.5) is 16.0 Å². The number of benzene rings is 1. The zero-order valence-electron chi connectivity index (χ0n) is 8.85. The van der Waals surface area contributed by atoms with E-state index in [4.69, 9.17) is 5.73 Å². The molecule has 17 heavy (non-hydrogen) atoms. The zero-order valence-corrected chi connectivity index (χ0v) is 8.85. The zero-order chi connectivity index (χ0) is 12.3. The number of anilines is 2. The Hall–Kier alpha value is -2.43. The number of carbonyl (C=O) groups is 1. The van der Waals surface area contributed by atoms with Crippen LogP contribution in [-0.4, -0.2) is 10.9 Å². The van der Waals surface area contributed by atoms with Gasteiger partial charge in [-0.2, -0.15) is 0 Å². The first-order valence-electron chi connectivity index (χ1n) is 4.94. The molecule has 0 bridgehead atoms. The minimum atomic E-state index is -0.386. The van der Waals surface area contributed by atoms with Gasteiger partial charge in [-0.05, 0) is 36.4 Å². The van der Waals surface area contributed by atoms with E-state index < -0.39 is 0 Å². The predicted octanol–water partition coefficient (Wildman–Crippen LogP) is 2.06. The summed E-state index contributed by atoms with van der Waals surface area (Å²) in [5.74, 6) is -0.0621. The van der Waals surface area contributed by atoms with Crippen molar-refractivity contribution in [2.24, 2.45) is 0 Å². The Morgan fingerprint density at radius 2 is 1.88 bits per heavy atom. The average Bonchev–Trinajstić information content (AvgIpc) is 2.29. The molecule has 2 aromatic rings. The second-order valence-electron chi connectivity index (χ2n) is 3.41. The van der Waals surface area contributed by atoms with E-state index in [0.717, 1.165) is 0 Å². The summed E-state index contributed by atoms with van der Waals surface area (Å²) in [4.78, 5) is 15.7. The summed E-state index contributed by atoms with van der Waals surface area (Å²) in [5.41, 5.74) is 5.84. The van der Waals surface area contributed by atoms with Gasteiger partial charge in [-0.3, -0.25) is 4.79 Å². The molecule has 4 nitrogen and oxygen atoms in total. The lowest BCUT2D eigenvalue weighted by Gasteiger charge is -2.04. The number of nitrogens with one attached hydrogen (secondary N) is 1. The number of hydrogen-bond donors (Lipinski definition) is 2. The van der Waals surface area contributed by atoms with E-state index in [-0.39, 0.29) is 11.7 Å². The molecule has 0 atom stereocenters. The summed E-state index contributed by atoms with van der Waals surface area (Å²) in [6.07, 6.45) is 0. The smallest absolute Gasteiger partial charge is 0.256 e. The highest BCUT2D eigenvalue weighted by atomic mass is 19.1. The third-order valence-corrected chi connectivity index (χ3v) is 2.12. The molecule has 0 fully saturated rings. The molecule has 1 aromatic heterocycles. The molecule has 0 radical (unpaired) electrons. The highest BCUT2D eigenvalue weighted by Gasteiger charge is 2.06. The van der Waals surface area contributed by atoms with Crippen LogP contribution in [0.25, 0.3) is 0 Å². The maximum atomic E-state index is 12.7. The second kappa shape index (κ2) is 4.61. The number of hydrogen-bond acceptors (Lipinski definition) is 3. The quantitative estimate of drug-likeness (QED) is 0.831. The van der Waals surface area contributed by atoms with Crippen LogP contribution >= 0.6 is 0 Å². The van der Waals surface area contributed by atoms with Gasteiger partial charge in [-0.15, -0.1) is 0 Å². The van der Waals surface area contributed by atoms with Crippen molar-refractivity contribution in [2.45, 2.75) is 0 Å². The Labute approximate surface area is 97.3 Å². The minimum Gasteiger partial charge on any atom is -0.384 e. The molecule has 5 heteroatoms. The predicted molar refractivity (Wildman–Crippen MR) is 63.0 cm³/mol. The van der Waals surface area contributed by atoms with Crippen LogP contribution in [0.2, 0.25) is 0 Å². The summed E-state index contributed by atoms with van der Waals surface area (Å²) in [6, 6.07) is 10.2. The molecule has 1 amide bonds. The Balaban J connectivity index is 2.14. The maximum absolute atomic E-state index is 12.7. The van der Waals surface area contributed by atoms with E-state index in [0.29, 0.717) is 17.2 Å².